The van der Waals surface area contributed by atoms with E-state index in [1.807, 2.05) is 25.9 Å². The van der Waals surface area contributed by atoms with Crippen molar-refractivity contribution < 1.29 is 4.79 Å². The molecule has 0 aliphatic rings. The molecule has 0 spiro atoms. The summed E-state index contributed by atoms with van der Waals surface area (Å²) in [6.07, 6.45) is 1.77. The maximum atomic E-state index is 11.4. The Morgan fingerprint density at radius 1 is 1.31 bits per heavy atom. The lowest BCUT2D eigenvalue weighted by atomic mass is 9.88. The Hall–Kier alpha value is -1.03. The molecule has 0 bridgehead atoms. The van der Waals surface area contributed by atoms with Crippen molar-refractivity contribution >= 4 is 6.03 Å². The van der Waals surface area contributed by atoms with Crippen molar-refractivity contribution in [3.05, 3.63) is 11.8 Å². The fourth-order valence-corrected chi connectivity index (χ4v) is 0.834. The van der Waals surface area contributed by atoms with Gasteiger partial charge in [0, 0.05) is 19.3 Å². The van der Waals surface area contributed by atoms with E-state index >= 15 is 0 Å². The summed E-state index contributed by atoms with van der Waals surface area (Å²) in [7, 11) is 3.95. The van der Waals surface area contributed by atoms with Crippen LogP contribution in [-0.4, -0.2) is 38.1 Å². The van der Waals surface area contributed by atoms with Crippen molar-refractivity contribution in [1.82, 2.24) is 15.5 Å². The molecule has 0 aliphatic heterocycles. The van der Waals surface area contributed by atoms with Crippen LogP contribution in [0.3, 0.4) is 0 Å². The number of amides is 2. The second-order valence-corrected chi connectivity index (χ2v) is 5.28. The summed E-state index contributed by atoms with van der Waals surface area (Å²) in [5, 5.41) is 5.52. The Bertz CT molecular complexity index is 251. The van der Waals surface area contributed by atoms with Gasteiger partial charge in [-0.15, -0.1) is 0 Å². The van der Waals surface area contributed by atoms with Gasteiger partial charge in [0.1, 0.15) is 0 Å². The average molecular weight is 227 g/mol. The summed E-state index contributed by atoms with van der Waals surface area (Å²) in [5.74, 6) is 0. The Kier molecular flexibility index (Phi) is 6.11. The van der Waals surface area contributed by atoms with Gasteiger partial charge in [-0.1, -0.05) is 26.3 Å². The smallest absolute Gasteiger partial charge is 0.318 e. The van der Waals surface area contributed by atoms with Gasteiger partial charge < -0.3 is 15.5 Å². The molecule has 0 heterocycles. The molecule has 0 radical (unpaired) electrons. The van der Waals surface area contributed by atoms with E-state index in [0.29, 0.717) is 6.54 Å². The molecule has 2 N–H and O–H groups in total. The molecule has 0 saturated heterocycles. The topological polar surface area (TPSA) is 44.4 Å². The maximum absolute atomic E-state index is 11.4. The van der Waals surface area contributed by atoms with Crippen molar-refractivity contribution in [2.45, 2.75) is 27.7 Å². The lowest BCUT2D eigenvalue weighted by Gasteiger charge is -2.19. The van der Waals surface area contributed by atoms with Crippen LogP contribution < -0.4 is 10.6 Å². The highest BCUT2D eigenvalue weighted by Crippen LogP contribution is 2.23. The maximum Gasteiger partial charge on any atom is 0.318 e. The molecule has 4 nitrogen and oxygen atoms in total. The summed E-state index contributed by atoms with van der Waals surface area (Å²) < 4.78 is 0. The zero-order valence-electron chi connectivity index (χ0n) is 11.3. The van der Waals surface area contributed by atoms with Crippen LogP contribution in [0.2, 0.25) is 0 Å². The molecule has 16 heavy (non-hydrogen) atoms. The third-order valence-corrected chi connectivity index (χ3v) is 2.45. The van der Waals surface area contributed by atoms with Crippen LogP contribution in [0.15, 0.2) is 11.8 Å². The van der Waals surface area contributed by atoms with E-state index in [1.165, 1.54) is 0 Å². The largest absolute Gasteiger partial charge is 0.337 e. The zero-order chi connectivity index (χ0) is 12.8. The first-order valence-corrected chi connectivity index (χ1v) is 5.60. The fraction of sp³-hybridized carbons (Fsp3) is 0.750. The van der Waals surface area contributed by atoms with Crippen LogP contribution in [0.5, 0.6) is 0 Å². The Morgan fingerprint density at radius 2 is 1.88 bits per heavy atom. The quantitative estimate of drug-likeness (QED) is 0.769. The number of urea groups is 1. The molecule has 0 atom stereocenters. The Labute approximate surface area is 99.1 Å². The van der Waals surface area contributed by atoms with Gasteiger partial charge in [-0.3, -0.25) is 0 Å². The van der Waals surface area contributed by atoms with E-state index < -0.39 is 0 Å². The first-order valence-electron chi connectivity index (χ1n) is 5.60. The van der Waals surface area contributed by atoms with Gasteiger partial charge in [0.25, 0.3) is 0 Å². The highest BCUT2D eigenvalue weighted by molar-refractivity contribution is 5.74. The zero-order valence-corrected chi connectivity index (χ0v) is 11.3. The summed E-state index contributed by atoms with van der Waals surface area (Å²) in [4.78, 5) is 13.4. The summed E-state index contributed by atoms with van der Waals surface area (Å²) in [5.41, 5.74) is 1.24. The number of carbonyl (C=O) groups is 1. The van der Waals surface area contributed by atoms with E-state index in [4.69, 9.17) is 0 Å². The minimum absolute atomic E-state index is 0.0942. The van der Waals surface area contributed by atoms with Crippen molar-refractivity contribution in [2.75, 3.05) is 27.2 Å². The fourth-order valence-electron chi connectivity index (χ4n) is 0.834. The number of carbonyl (C=O) groups excluding carboxylic acids is 1. The Morgan fingerprint density at radius 3 is 2.31 bits per heavy atom. The molecule has 0 rings (SSSR count). The number of allylic oxidation sites excluding steroid dienone is 1. The van der Waals surface area contributed by atoms with Gasteiger partial charge in [0.15, 0.2) is 0 Å². The molecule has 0 aromatic carbocycles. The lowest BCUT2D eigenvalue weighted by molar-refractivity contribution is 0.242. The predicted molar refractivity (Wildman–Crippen MR) is 68.3 cm³/mol. The first kappa shape index (κ1) is 15.0. The van der Waals surface area contributed by atoms with Crippen LogP contribution in [0.1, 0.15) is 27.7 Å². The van der Waals surface area contributed by atoms with Crippen molar-refractivity contribution in [3.63, 3.8) is 0 Å². The summed E-state index contributed by atoms with van der Waals surface area (Å²) in [6, 6.07) is -0.148. The normalized spacial score (nSPS) is 12.8. The van der Waals surface area contributed by atoms with Crippen molar-refractivity contribution in [3.8, 4) is 0 Å². The van der Waals surface area contributed by atoms with Crippen molar-refractivity contribution in [1.29, 1.82) is 0 Å². The summed E-state index contributed by atoms with van der Waals surface area (Å²) >= 11 is 0. The SMILES string of the molecule is C/C(=C\NC(=O)NCCN(C)C)C(C)(C)C. The van der Waals surface area contributed by atoms with E-state index in [1.54, 1.807) is 6.20 Å². The minimum atomic E-state index is -0.148. The van der Waals surface area contributed by atoms with Gasteiger partial charge in [-0.05, 0) is 26.4 Å². The number of likely N-dealkylation sites (N-methyl/N-ethyl adjacent to an activating group) is 1. The minimum Gasteiger partial charge on any atom is -0.337 e. The van der Waals surface area contributed by atoms with Gasteiger partial charge >= 0.3 is 6.03 Å². The molecular weight excluding hydrogens is 202 g/mol. The predicted octanol–water partition coefficient (Wildman–Crippen LogP) is 1.80. The van der Waals surface area contributed by atoms with E-state index in [2.05, 4.69) is 31.4 Å². The third kappa shape index (κ3) is 7.29. The second kappa shape index (κ2) is 6.53. The molecule has 0 aliphatic carbocycles. The molecule has 2 amide bonds. The van der Waals surface area contributed by atoms with Gasteiger partial charge in [0.05, 0.1) is 0 Å². The highest BCUT2D eigenvalue weighted by atomic mass is 16.2. The molecule has 0 fully saturated rings. The standard InChI is InChI=1S/C12H25N3O/c1-10(12(2,3)4)9-14-11(16)13-7-8-15(5)6/h9H,7-8H2,1-6H3,(H2,13,14,16)/b10-9+. The number of hydrogen-bond acceptors (Lipinski definition) is 2. The molecule has 0 aromatic heterocycles. The number of nitrogens with zero attached hydrogens (tertiary/aromatic N) is 1. The molecule has 0 saturated carbocycles. The van der Waals surface area contributed by atoms with Crippen LogP contribution in [0.25, 0.3) is 0 Å². The molecule has 0 unspecified atom stereocenters. The van der Waals surface area contributed by atoms with Crippen LogP contribution in [0.4, 0.5) is 4.79 Å². The van der Waals surface area contributed by atoms with E-state index in [0.717, 1.165) is 12.1 Å². The highest BCUT2D eigenvalue weighted by Gasteiger charge is 2.12. The monoisotopic (exact) mass is 227 g/mol. The number of nitrogens with one attached hydrogen (secondary N) is 2. The number of hydrogen-bond donors (Lipinski definition) is 2. The second-order valence-electron chi connectivity index (χ2n) is 5.28. The van der Waals surface area contributed by atoms with Crippen molar-refractivity contribution in [2.24, 2.45) is 5.41 Å². The van der Waals surface area contributed by atoms with Crippen LogP contribution in [0, 0.1) is 5.41 Å². The lowest BCUT2D eigenvalue weighted by Crippen LogP contribution is -2.37. The Balaban J connectivity index is 3.90. The molecule has 4 heteroatoms. The summed E-state index contributed by atoms with van der Waals surface area (Å²) in [6.45, 7) is 9.86. The van der Waals surface area contributed by atoms with Gasteiger partial charge in [0.2, 0.25) is 0 Å². The van der Waals surface area contributed by atoms with Crippen LogP contribution >= 0.6 is 0 Å². The van der Waals surface area contributed by atoms with E-state index in [-0.39, 0.29) is 11.4 Å². The van der Waals surface area contributed by atoms with Gasteiger partial charge in [-0.25, -0.2) is 4.79 Å². The first-order chi connectivity index (χ1) is 7.23. The third-order valence-electron chi connectivity index (χ3n) is 2.45. The average Bonchev–Trinajstić information content (AvgIpc) is 2.11. The molecular formula is C12H25N3O. The van der Waals surface area contributed by atoms with Gasteiger partial charge in [-0.2, -0.15) is 0 Å². The number of rotatable bonds is 4. The van der Waals surface area contributed by atoms with E-state index in [9.17, 15) is 4.79 Å². The molecule has 0 aromatic rings. The van der Waals surface area contributed by atoms with Crippen LogP contribution in [-0.2, 0) is 0 Å². The molecule has 94 valence electrons.